The number of methoxy groups -OCH3 is 1. The van der Waals surface area contributed by atoms with E-state index in [1.54, 1.807) is 6.92 Å². The van der Waals surface area contributed by atoms with E-state index in [4.69, 9.17) is 9.57 Å². The van der Waals surface area contributed by atoms with Crippen molar-refractivity contribution in [3.63, 3.8) is 0 Å². The minimum atomic E-state index is -3.67. The third kappa shape index (κ3) is 5.41. The van der Waals surface area contributed by atoms with Crippen LogP contribution in [0.4, 0.5) is 5.69 Å². The van der Waals surface area contributed by atoms with Crippen molar-refractivity contribution in [2.24, 2.45) is 5.16 Å². The molecule has 0 saturated carbocycles. The summed E-state index contributed by atoms with van der Waals surface area (Å²) in [6.07, 6.45) is -0.367. The summed E-state index contributed by atoms with van der Waals surface area (Å²) in [6, 6.07) is 15.1. The number of sulfonamides is 1. The highest BCUT2D eigenvalue weighted by atomic mass is 32.2. The summed E-state index contributed by atoms with van der Waals surface area (Å²) in [7, 11) is -2.16. The fourth-order valence-electron chi connectivity index (χ4n) is 2.88. The first-order chi connectivity index (χ1) is 13.9. The maximum absolute atomic E-state index is 12.4. The quantitative estimate of drug-likeness (QED) is 0.684. The molecular weight excluding hydrogens is 394 g/mol. The standard InChI is InChI=1S/C20H23N3O5S/c1-14(13-27-2)23-29(25,26)17-10-8-16(9-11-17)21-20(24)19-12-18(22-28-19)15-6-4-3-5-7-15/h3-11,14,19,23H,12-13H2,1-2H3,(H,21,24). The van der Waals surface area contributed by atoms with Crippen LogP contribution in [0.15, 0.2) is 64.6 Å². The van der Waals surface area contributed by atoms with Crippen molar-refractivity contribution in [3.05, 3.63) is 60.2 Å². The molecule has 8 nitrogen and oxygen atoms in total. The van der Waals surface area contributed by atoms with Crippen LogP contribution in [-0.2, 0) is 24.4 Å². The first kappa shape index (κ1) is 21.0. The molecule has 0 radical (unpaired) electrons. The number of carbonyl (C=O) groups excluding carboxylic acids is 1. The van der Waals surface area contributed by atoms with Crippen molar-refractivity contribution >= 4 is 27.3 Å². The van der Waals surface area contributed by atoms with Gasteiger partial charge >= 0.3 is 0 Å². The summed E-state index contributed by atoms with van der Waals surface area (Å²) in [5.74, 6) is -0.345. The molecule has 0 spiro atoms. The molecule has 2 aromatic rings. The maximum Gasteiger partial charge on any atom is 0.268 e. The molecule has 1 amide bonds. The first-order valence-corrected chi connectivity index (χ1v) is 10.6. The van der Waals surface area contributed by atoms with E-state index in [0.29, 0.717) is 17.8 Å². The van der Waals surface area contributed by atoms with Gasteiger partial charge in [-0.1, -0.05) is 35.5 Å². The number of carbonyl (C=O) groups is 1. The maximum atomic E-state index is 12.4. The van der Waals surface area contributed by atoms with E-state index < -0.39 is 16.1 Å². The topological polar surface area (TPSA) is 106 Å². The molecular formula is C20H23N3O5S. The van der Waals surface area contributed by atoms with Gasteiger partial charge in [-0.2, -0.15) is 0 Å². The molecule has 2 aromatic carbocycles. The molecule has 2 unspecified atom stereocenters. The van der Waals surface area contributed by atoms with E-state index in [0.717, 1.165) is 5.56 Å². The van der Waals surface area contributed by atoms with E-state index in [2.05, 4.69) is 15.2 Å². The molecule has 0 fully saturated rings. The molecule has 1 aliphatic heterocycles. The molecule has 29 heavy (non-hydrogen) atoms. The van der Waals surface area contributed by atoms with Gasteiger partial charge in [0.05, 0.1) is 17.2 Å². The lowest BCUT2D eigenvalue weighted by Gasteiger charge is -2.14. The number of nitrogens with one attached hydrogen (secondary N) is 2. The van der Waals surface area contributed by atoms with Gasteiger partial charge in [0.25, 0.3) is 5.91 Å². The Morgan fingerprint density at radius 2 is 1.90 bits per heavy atom. The average Bonchev–Trinajstić information content (AvgIpc) is 3.19. The van der Waals surface area contributed by atoms with E-state index in [-0.39, 0.29) is 23.5 Å². The van der Waals surface area contributed by atoms with Gasteiger partial charge in [-0.05, 0) is 36.8 Å². The SMILES string of the molecule is COCC(C)NS(=O)(=O)c1ccc(NC(=O)C2CC(c3ccccc3)=NO2)cc1. The summed E-state index contributed by atoms with van der Waals surface area (Å²) in [5, 5.41) is 6.72. The van der Waals surface area contributed by atoms with Crippen molar-refractivity contribution in [1.29, 1.82) is 0 Å². The smallest absolute Gasteiger partial charge is 0.268 e. The lowest BCUT2D eigenvalue weighted by molar-refractivity contribution is -0.125. The number of rotatable bonds is 8. The number of anilines is 1. The highest BCUT2D eigenvalue weighted by Gasteiger charge is 2.29. The fourth-order valence-corrected chi connectivity index (χ4v) is 4.10. The van der Waals surface area contributed by atoms with Crippen molar-refractivity contribution < 1.29 is 22.8 Å². The molecule has 9 heteroatoms. The molecule has 3 rings (SSSR count). The van der Waals surface area contributed by atoms with Gasteiger partial charge in [0.2, 0.25) is 16.1 Å². The van der Waals surface area contributed by atoms with Crippen LogP contribution in [0.3, 0.4) is 0 Å². The largest absolute Gasteiger partial charge is 0.383 e. The number of ether oxygens (including phenoxy) is 1. The van der Waals surface area contributed by atoms with Crippen LogP contribution in [0.1, 0.15) is 18.9 Å². The number of hydrogen-bond donors (Lipinski definition) is 2. The lowest BCUT2D eigenvalue weighted by Crippen LogP contribution is -2.35. The second-order valence-corrected chi connectivity index (χ2v) is 8.41. The van der Waals surface area contributed by atoms with Crippen LogP contribution in [0.2, 0.25) is 0 Å². The zero-order chi connectivity index (χ0) is 20.9. The Labute approximate surface area is 170 Å². The number of oxime groups is 1. The van der Waals surface area contributed by atoms with Crippen molar-refractivity contribution in [3.8, 4) is 0 Å². The Morgan fingerprint density at radius 1 is 1.21 bits per heavy atom. The van der Waals surface area contributed by atoms with Gasteiger partial charge in [0.1, 0.15) is 0 Å². The molecule has 2 N–H and O–H groups in total. The fraction of sp³-hybridized carbons (Fsp3) is 0.300. The third-order valence-corrected chi connectivity index (χ3v) is 5.88. The van der Waals surface area contributed by atoms with Gasteiger partial charge in [0.15, 0.2) is 0 Å². The van der Waals surface area contributed by atoms with Gasteiger partial charge in [-0.25, -0.2) is 13.1 Å². The van der Waals surface area contributed by atoms with Gasteiger partial charge in [0, 0.05) is 25.3 Å². The summed E-state index contributed by atoms with van der Waals surface area (Å²) in [4.78, 5) is 17.8. The second-order valence-electron chi connectivity index (χ2n) is 6.69. The lowest BCUT2D eigenvalue weighted by atomic mass is 10.0. The summed E-state index contributed by atoms with van der Waals surface area (Å²) < 4.78 is 32.1. The molecule has 0 aromatic heterocycles. The highest BCUT2D eigenvalue weighted by Crippen LogP contribution is 2.19. The van der Waals surface area contributed by atoms with Crippen LogP contribution in [0, 0.1) is 0 Å². The molecule has 2 atom stereocenters. The average molecular weight is 417 g/mol. The van der Waals surface area contributed by atoms with Crippen molar-refractivity contribution in [2.45, 2.75) is 30.4 Å². The molecule has 1 heterocycles. The van der Waals surface area contributed by atoms with E-state index in [9.17, 15) is 13.2 Å². The Bertz CT molecular complexity index is 975. The second kappa shape index (κ2) is 9.17. The van der Waals surface area contributed by atoms with E-state index >= 15 is 0 Å². The summed E-state index contributed by atoms with van der Waals surface area (Å²) in [5.41, 5.74) is 2.09. The molecule has 154 valence electrons. The molecule has 0 saturated heterocycles. The van der Waals surface area contributed by atoms with E-state index in [1.807, 2.05) is 30.3 Å². The predicted octanol–water partition coefficient (Wildman–Crippen LogP) is 2.13. The van der Waals surface area contributed by atoms with Crippen LogP contribution >= 0.6 is 0 Å². The van der Waals surface area contributed by atoms with Gasteiger partial charge in [-0.3, -0.25) is 4.79 Å². The van der Waals surface area contributed by atoms with Crippen molar-refractivity contribution in [1.82, 2.24) is 4.72 Å². The monoisotopic (exact) mass is 417 g/mol. The Balaban J connectivity index is 1.58. The molecule has 0 aliphatic carbocycles. The first-order valence-electron chi connectivity index (χ1n) is 9.09. The van der Waals surface area contributed by atoms with Gasteiger partial charge < -0.3 is 14.9 Å². The third-order valence-electron chi connectivity index (χ3n) is 4.27. The Kier molecular flexibility index (Phi) is 6.63. The highest BCUT2D eigenvalue weighted by molar-refractivity contribution is 7.89. The number of amides is 1. The Hall–Kier alpha value is -2.75. The number of hydrogen-bond acceptors (Lipinski definition) is 6. The van der Waals surface area contributed by atoms with Crippen LogP contribution in [0.5, 0.6) is 0 Å². The van der Waals surface area contributed by atoms with Crippen LogP contribution in [-0.4, -0.2) is 45.9 Å². The number of benzene rings is 2. The van der Waals surface area contributed by atoms with E-state index in [1.165, 1.54) is 31.4 Å². The van der Waals surface area contributed by atoms with Crippen LogP contribution in [0.25, 0.3) is 0 Å². The normalized spacial score (nSPS) is 17.3. The Morgan fingerprint density at radius 3 is 2.55 bits per heavy atom. The zero-order valence-corrected chi connectivity index (χ0v) is 17.0. The van der Waals surface area contributed by atoms with Crippen LogP contribution < -0.4 is 10.0 Å². The minimum absolute atomic E-state index is 0.102. The summed E-state index contributed by atoms with van der Waals surface area (Å²) in [6.45, 7) is 1.98. The van der Waals surface area contributed by atoms with Gasteiger partial charge in [-0.15, -0.1) is 0 Å². The van der Waals surface area contributed by atoms with Crippen molar-refractivity contribution in [2.75, 3.05) is 19.0 Å². The number of nitrogens with zero attached hydrogens (tertiary/aromatic N) is 1. The summed E-state index contributed by atoms with van der Waals surface area (Å²) >= 11 is 0. The predicted molar refractivity (Wildman–Crippen MR) is 109 cm³/mol. The minimum Gasteiger partial charge on any atom is -0.383 e. The zero-order valence-electron chi connectivity index (χ0n) is 16.2. The molecule has 0 bridgehead atoms. The molecule has 1 aliphatic rings.